The van der Waals surface area contributed by atoms with Crippen LogP contribution in [0.25, 0.3) is 0 Å². The van der Waals surface area contributed by atoms with Crippen LogP contribution in [0.1, 0.15) is 33.1 Å². The summed E-state index contributed by atoms with van der Waals surface area (Å²) in [5, 5.41) is 0. The monoisotopic (exact) mass is 241 g/mol. The van der Waals surface area contributed by atoms with E-state index >= 15 is 0 Å². The van der Waals surface area contributed by atoms with Crippen molar-refractivity contribution >= 4 is 11.8 Å². The average molecular weight is 241 g/mol. The predicted molar refractivity (Wildman–Crippen MR) is 66.0 cm³/mol. The van der Waals surface area contributed by atoms with Gasteiger partial charge in [-0.15, -0.1) is 0 Å². The summed E-state index contributed by atoms with van der Waals surface area (Å²) in [6.45, 7) is 5.50. The molecule has 0 bridgehead atoms. The number of rotatable bonds is 4. The summed E-state index contributed by atoms with van der Waals surface area (Å²) >= 11 is 0. The highest BCUT2D eigenvalue weighted by atomic mass is 16.2. The molecule has 1 fully saturated rings. The standard InChI is InChI=1S/C12H23N3O2/c1-12(2,8-13)11(17)15-5-3-9(4-6-15)7-10(14)16/h9H,3-8,13H2,1-2H3,(H2,14,16). The van der Waals surface area contributed by atoms with Crippen molar-refractivity contribution in [3.8, 4) is 0 Å². The molecule has 0 radical (unpaired) electrons. The highest BCUT2D eigenvalue weighted by molar-refractivity contribution is 5.82. The van der Waals surface area contributed by atoms with Gasteiger partial charge >= 0.3 is 0 Å². The van der Waals surface area contributed by atoms with Gasteiger partial charge in [0.1, 0.15) is 0 Å². The van der Waals surface area contributed by atoms with Crippen LogP contribution >= 0.6 is 0 Å². The zero-order valence-electron chi connectivity index (χ0n) is 10.7. The van der Waals surface area contributed by atoms with Gasteiger partial charge in [-0.05, 0) is 32.6 Å². The molecule has 0 unspecified atom stereocenters. The van der Waals surface area contributed by atoms with E-state index in [4.69, 9.17) is 11.5 Å². The van der Waals surface area contributed by atoms with Gasteiger partial charge < -0.3 is 16.4 Å². The van der Waals surface area contributed by atoms with E-state index in [-0.39, 0.29) is 11.8 Å². The van der Waals surface area contributed by atoms with Gasteiger partial charge in [-0.2, -0.15) is 0 Å². The van der Waals surface area contributed by atoms with E-state index < -0.39 is 5.41 Å². The van der Waals surface area contributed by atoms with Crippen LogP contribution in [0, 0.1) is 11.3 Å². The minimum absolute atomic E-state index is 0.109. The summed E-state index contributed by atoms with van der Waals surface area (Å²) in [6.07, 6.45) is 2.15. The van der Waals surface area contributed by atoms with E-state index in [1.807, 2.05) is 18.7 Å². The van der Waals surface area contributed by atoms with Crippen molar-refractivity contribution in [1.82, 2.24) is 4.90 Å². The van der Waals surface area contributed by atoms with Gasteiger partial charge in [-0.25, -0.2) is 0 Å². The molecule has 1 aliphatic rings. The second-order valence-corrected chi connectivity index (χ2v) is 5.49. The maximum atomic E-state index is 12.1. The highest BCUT2D eigenvalue weighted by Crippen LogP contribution is 2.24. The minimum atomic E-state index is -0.490. The first-order valence-electron chi connectivity index (χ1n) is 6.14. The molecule has 0 aliphatic carbocycles. The molecule has 0 spiro atoms. The summed E-state index contributed by atoms with van der Waals surface area (Å²) < 4.78 is 0. The first-order chi connectivity index (χ1) is 7.86. The van der Waals surface area contributed by atoms with Gasteiger partial charge in [0.05, 0.1) is 5.41 Å². The first-order valence-corrected chi connectivity index (χ1v) is 6.14. The van der Waals surface area contributed by atoms with Crippen molar-refractivity contribution in [2.24, 2.45) is 22.8 Å². The van der Waals surface area contributed by atoms with Gasteiger partial charge in [-0.3, -0.25) is 9.59 Å². The third-order valence-corrected chi connectivity index (χ3v) is 3.48. The van der Waals surface area contributed by atoms with E-state index in [0.29, 0.717) is 32.0 Å². The molecular formula is C12H23N3O2. The Kier molecular flexibility index (Phi) is 4.51. The number of nitrogens with two attached hydrogens (primary N) is 2. The van der Waals surface area contributed by atoms with Crippen molar-refractivity contribution in [1.29, 1.82) is 0 Å². The summed E-state index contributed by atoms with van der Waals surface area (Å²) in [7, 11) is 0. The molecule has 1 rings (SSSR count). The molecule has 0 aromatic rings. The van der Waals surface area contributed by atoms with Gasteiger partial charge in [0.2, 0.25) is 11.8 Å². The number of amides is 2. The summed E-state index contributed by atoms with van der Waals surface area (Å²) in [5.74, 6) is 0.187. The Morgan fingerprint density at radius 1 is 1.29 bits per heavy atom. The molecule has 1 aliphatic heterocycles. The number of hydrogen-bond acceptors (Lipinski definition) is 3. The SMILES string of the molecule is CC(C)(CN)C(=O)N1CCC(CC(N)=O)CC1. The normalized spacial score (nSPS) is 18.2. The van der Waals surface area contributed by atoms with E-state index in [2.05, 4.69) is 0 Å². The number of hydrogen-bond donors (Lipinski definition) is 2. The number of nitrogens with zero attached hydrogens (tertiary/aromatic N) is 1. The first kappa shape index (κ1) is 14.0. The molecule has 0 aromatic carbocycles. The fourth-order valence-corrected chi connectivity index (χ4v) is 2.14. The number of carbonyl (C=O) groups excluding carboxylic acids is 2. The second kappa shape index (κ2) is 5.49. The number of piperidine rings is 1. The Morgan fingerprint density at radius 2 is 1.82 bits per heavy atom. The van der Waals surface area contributed by atoms with Crippen molar-refractivity contribution in [2.45, 2.75) is 33.1 Å². The number of carbonyl (C=O) groups is 2. The van der Waals surface area contributed by atoms with Crippen LogP contribution in [0.3, 0.4) is 0 Å². The quantitative estimate of drug-likeness (QED) is 0.730. The third-order valence-electron chi connectivity index (χ3n) is 3.48. The van der Waals surface area contributed by atoms with Gasteiger partial charge in [-0.1, -0.05) is 0 Å². The molecule has 0 aromatic heterocycles. The summed E-state index contributed by atoms with van der Waals surface area (Å²) in [6, 6.07) is 0. The molecule has 17 heavy (non-hydrogen) atoms. The smallest absolute Gasteiger partial charge is 0.229 e. The molecular weight excluding hydrogens is 218 g/mol. The summed E-state index contributed by atoms with van der Waals surface area (Å²) in [4.78, 5) is 24.8. The number of likely N-dealkylation sites (tertiary alicyclic amines) is 1. The van der Waals surface area contributed by atoms with Crippen LogP contribution in [0.2, 0.25) is 0 Å². The van der Waals surface area contributed by atoms with E-state index in [9.17, 15) is 9.59 Å². The molecule has 0 saturated carbocycles. The van der Waals surface area contributed by atoms with Crippen LogP contribution < -0.4 is 11.5 Å². The molecule has 0 atom stereocenters. The molecule has 5 heteroatoms. The van der Waals surface area contributed by atoms with Crippen molar-refractivity contribution in [2.75, 3.05) is 19.6 Å². The van der Waals surface area contributed by atoms with Crippen LogP contribution in [0.4, 0.5) is 0 Å². The Balaban J connectivity index is 2.47. The third kappa shape index (κ3) is 3.70. The Bertz CT molecular complexity index is 294. The predicted octanol–water partition coefficient (Wildman–Crippen LogP) is 0.0853. The van der Waals surface area contributed by atoms with Crippen molar-refractivity contribution < 1.29 is 9.59 Å². The van der Waals surface area contributed by atoms with Crippen LogP contribution in [0.15, 0.2) is 0 Å². The Morgan fingerprint density at radius 3 is 2.24 bits per heavy atom. The van der Waals surface area contributed by atoms with Gasteiger partial charge in [0.25, 0.3) is 0 Å². The van der Waals surface area contributed by atoms with Crippen molar-refractivity contribution in [3.63, 3.8) is 0 Å². The maximum Gasteiger partial charge on any atom is 0.229 e. The zero-order chi connectivity index (χ0) is 13.1. The largest absolute Gasteiger partial charge is 0.370 e. The molecule has 98 valence electrons. The van der Waals surface area contributed by atoms with Gasteiger partial charge in [0.15, 0.2) is 0 Å². The lowest BCUT2D eigenvalue weighted by molar-refractivity contribution is -0.141. The lowest BCUT2D eigenvalue weighted by Gasteiger charge is -2.36. The van der Waals surface area contributed by atoms with E-state index in [0.717, 1.165) is 12.8 Å². The molecule has 2 amide bonds. The number of primary amides is 1. The fraction of sp³-hybridized carbons (Fsp3) is 0.833. The van der Waals surface area contributed by atoms with Crippen LogP contribution in [0.5, 0.6) is 0 Å². The molecule has 4 N–H and O–H groups in total. The summed E-state index contributed by atoms with van der Waals surface area (Å²) in [5.41, 5.74) is 10.3. The topological polar surface area (TPSA) is 89.4 Å². The van der Waals surface area contributed by atoms with E-state index in [1.165, 1.54) is 0 Å². The van der Waals surface area contributed by atoms with Crippen molar-refractivity contribution in [3.05, 3.63) is 0 Å². The highest BCUT2D eigenvalue weighted by Gasteiger charge is 2.32. The molecule has 5 nitrogen and oxygen atoms in total. The second-order valence-electron chi connectivity index (χ2n) is 5.49. The Hall–Kier alpha value is -1.10. The minimum Gasteiger partial charge on any atom is -0.370 e. The lowest BCUT2D eigenvalue weighted by atomic mass is 9.88. The molecule has 1 heterocycles. The molecule has 1 saturated heterocycles. The van der Waals surface area contributed by atoms with E-state index in [1.54, 1.807) is 0 Å². The Labute approximate surface area is 103 Å². The maximum absolute atomic E-state index is 12.1. The van der Waals surface area contributed by atoms with Gasteiger partial charge in [0, 0.05) is 26.1 Å². The zero-order valence-corrected chi connectivity index (χ0v) is 10.7. The average Bonchev–Trinajstić information content (AvgIpc) is 2.28. The lowest BCUT2D eigenvalue weighted by Crippen LogP contribution is -2.48. The van der Waals surface area contributed by atoms with Crippen LogP contribution in [-0.2, 0) is 9.59 Å². The van der Waals surface area contributed by atoms with Crippen LogP contribution in [-0.4, -0.2) is 36.3 Å². The fourth-order valence-electron chi connectivity index (χ4n) is 2.14.